The molecule has 3 aromatic rings. The van der Waals surface area contributed by atoms with Crippen LogP contribution in [0.1, 0.15) is 26.3 Å². The Morgan fingerprint density at radius 2 is 1.60 bits per heavy atom. The van der Waals surface area contributed by atoms with E-state index in [1.807, 2.05) is 30.3 Å². The van der Waals surface area contributed by atoms with Crippen LogP contribution in [0.4, 0.5) is 4.39 Å². The zero-order valence-electron chi connectivity index (χ0n) is 16.1. The fourth-order valence-corrected chi connectivity index (χ4v) is 3.89. The molecule has 30 heavy (non-hydrogen) atoms. The number of primary amides is 1. The van der Waals surface area contributed by atoms with Gasteiger partial charge < -0.3 is 5.73 Å². The number of amides is 1. The number of halogens is 1. The second kappa shape index (κ2) is 8.56. The highest BCUT2D eigenvalue weighted by atomic mass is 32.2. The molecule has 6 nitrogen and oxygen atoms in total. The molecule has 0 heterocycles. The minimum absolute atomic E-state index is 0.144. The molecule has 3 rings (SSSR count). The molecule has 3 N–H and O–H groups in total. The molecule has 0 fully saturated rings. The SMILES string of the molecule is Cc1cc(-c2ccccc2)cc(C(=O)CNS(=O)(=O)c2ccc(C(N)=O)cc2)c1F. The standard InChI is InChI=1S/C22H19FN2O4S/c1-14-11-17(15-5-3-2-4-6-15)12-19(21(14)23)20(26)13-25-30(28,29)18-9-7-16(8-10-18)22(24)27/h2-12,25H,13H2,1H3,(H2,24,27). The molecule has 0 radical (unpaired) electrons. The largest absolute Gasteiger partial charge is 0.366 e. The van der Waals surface area contributed by atoms with Crippen molar-refractivity contribution in [3.63, 3.8) is 0 Å². The molecule has 1 amide bonds. The Bertz CT molecular complexity index is 1210. The van der Waals surface area contributed by atoms with Crippen LogP contribution in [0.15, 0.2) is 71.6 Å². The first kappa shape index (κ1) is 21.4. The minimum atomic E-state index is -4.04. The van der Waals surface area contributed by atoms with Crippen molar-refractivity contribution < 1.29 is 22.4 Å². The molecular formula is C22H19FN2O4S. The molecule has 0 bridgehead atoms. The number of Topliss-reactive ketones (excluding diaryl/α,β-unsaturated/α-hetero) is 1. The van der Waals surface area contributed by atoms with Gasteiger partial charge in [-0.05, 0) is 60.0 Å². The Labute approximate surface area is 173 Å². The average molecular weight is 426 g/mol. The van der Waals surface area contributed by atoms with E-state index in [9.17, 15) is 22.4 Å². The summed E-state index contributed by atoms with van der Waals surface area (Å²) in [7, 11) is -4.04. The molecule has 3 aromatic carbocycles. The average Bonchev–Trinajstić information content (AvgIpc) is 2.74. The van der Waals surface area contributed by atoms with Gasteiger partial charge in [-0.25, -0.2) is 17.5 Å². The lowest BCUT2D eigenvalue weighted by Gasteiger charge is -2.11. The molecule has 0 saturated carbocycles. The monoisotopic (exact) mass is 426 g/mol. The summed E-state index contributed by atoms with van der Waals surface area (Å²) in [6.45, 7) is 0.928. The normalized spacial score (nSPS) is 11.3. The smallest absolute Gasteiger partial charge is 0.248 e. The quantitative estimate of drug-likeness (QED) is 0.566. The summed E-state index contributed by atoms with van der Waals surface area (Å²) >= 11 is 0. The fraction of sp³-hybridized carbons (Fsp3) is 0.0909. The number of hydrogen-bond donors (Lipinski definition) is 2. The molecule has 0 unspecified atom stereocenters. The van der Waals surface area contributed by atoms with Crippen molar-refractivity contribution in [1.82, 2.24) is 4.72 Å². The van der Waals surface area contributed by atoms with Gasteiger partial charge in [-0.15, -0.1) is 0 Å². The molecule has 0 aliphatic heterocycles. The first-order valence-corrected chi connectivity index (χ1v) is 10.5. The fourth-order valence-electron chi connectivity index (χ4n) is 2.91. The van der Waals surface area contributed by atoms with Gasteiger partial charge >= 0.3 is 0 Å². The van der Waals surface area contributed by atoms with Crippen LogP contribution in [0.5, 0.6) is 0 Å². The second-order valence-corrected chi connectivity index (χ2v) is 8.42. The van der Waals surface area contributed by atoms with Crippen LogP contribution in [0.25, 0.3) is 11.1 Å². The van der Waals surface area contributed by atoms with Crippen molar-refractivity contribution in [2.24, 2.45) is 5.73 Å². The maximum Gasteiger partial charge on any atom is 0.248 e. The topological polar surface area (TPSA) is 106 Å². The number of ketones is 1. The van der Waals surface area contributed by atoms with Crippen molar-refractivity contribution in [2.45, 2.75) is 11.8 Å². The van der Waals surface area contributed by atoms with Crippen LogP contribution in [0, 0.1) is 12.7 Å². The number of nitrogens with one attached hydrogen (secondary N) is 1. The van der Waals surface area contributed by atoms with Gasteiger partial charge in [0.1, 0.15) is 5.82 Å². The van der Waals surface area contributed by atoms with Gasteiger partial charge in [0.05, 0.1) is 17.0 Å². The molecule has 0 spiro atoms. The summed E-state index contributed by atoms with van der Waals surface area (Å²) in [6.07, 6.45) is 0. The predicted molar refractivity (Wildman–Crippen MR) is 111 cm³/mol. The van der Waals surface area contributed by atoms with Gasteiger partial charge in [-0.2, -0.15) is 0 Å². The summed E-state index contributed by atoms with van der Waals surface area (Å²) in [6, 6.07) is 17.1. The third kappa shape index (κ3) is 4.61. The summed E-state index contributed by atoms with van der Waals surface area (Å²) in [5, 5.41) is 0. The summed E-state index contributed by atoms with van der Waals surface area (Å²) in [5.41, 5.74) is 6.84. The zero-order valence-corrected chi connectivity index (χ0v) is 16.9. The Balaban J connectivity index is 1.82. The van der Waals surface area contributed by atoms with E-state index in [1.165, 1.54) is 30.3 Å². The van der Waals surface area contributed by atoms with Gasteiger partial charge in [0, 0.05) is 5.56 Å². The van der Waals surface area contributed by atoms with Crippen LogP contribution < -0.4 is 10.5 Å². The van der Waals surface area contributed by atoms with E-state index in [1.54, 1.807) is 13.0 Å². The van der Waals surface area contributed by atoms with Crippen molar-refractivity contribution in [2.75, 3.05) is 6.54 Å². The Kier molecular flexibility index (Phi) is 6.09. The van der Waals surface area contributed by atoms with E-state index in [0.29, 0.717) is 5.56 Å². The van der Waals surface area contributed by atoms with Gasteiger partial charge in [-0.1, -0.05) is 30.3 Å². The van der Waals surface area contributed by atoms with E-state index >= 15 is 0 Å². The number of benzene rings is 3. The Hall–Kier alpha value is -3.36. The summed E-state index contributed by atoms with van der Waals surface area (Å²) < 4.78 is 41.6. The third-order valence-corrected chi connectivity index (χ3v) is 5.95. The minimum Gasteiger partial charge on any atom is -0.366 e. The highest BCUT2D eigenvalue weighted by Gasteiger charge is 2.20. The molecule has 8 heteroatoms. The number of sulfonamides is 1. The van der Waals surface area contributed by atoms with Crippen LogP contribution >= 0.6 is 0 Å². The van der Waals surface area contributed by atoms with Crippen LogP contribution in [0.2, 0.25) is 0 Å². The maximum absolute atomic E-state index is 14.6. The van der Waals surface area contributed by atoms with E-state index in [0.717, 1.165) is 5.56 Å². The van der Waals surface area contributed by atoms with Crippen molar-refractivity contribution >= 4 is 21.7 Å². The Morgan fingerprint density at radius 3 is 2.20 bits per heavy atom. The second-order valence-electron chi connectivity index (χ2n) is 6.66. The van der Waals surface area contributed by atoms with Crippen LogP contribution in [-0.2, 0) is 10.0 Å². The lowest BCUT2D eigenvalue weighted by atomic mass is 9.98. The maximum atomic E-state index is 14.6. The highest BCUT2D eigenvalue weighted by molar-refractivity contribution is 7.89. The number of aryl methyl sites for hydroxylation is 1. The van der Waals surface area contributed by atoms with E-state index in [-0.39, 0.29) is 21.6 Å². The van der Waals surface area contributed by atoms with E-state index < -0.39 is 34.1 Å². The van der Waals surface area contributed by atoms with Gasteiger partial charge in [0.15, 0.2) is 5.78 Å². The number of hydrogen-bond acceptors (Lipinski definition) is 4. The van der Waals surface area contributed by atoms with E-state index in [4.69, 9.17) is 5.73 Å². The molecule has 0 aromatic heterocycles. The summed E-state index contributed by atoms with van der Waals surface area (Å²) in [5.74, 6) is -2.08. The third-order valence-electron chi connectivity index (χ3n) is 4.53. The molecule has 154 valence electrons. The molecule has 0 atom stereocenters. The number of nitrogens with two attached hydrogens (primary N) is 1. The van der Waals surface area contributed by atoms with Gasteiger partial charge in [0.25, 0.3) is 0 Å². The molecule has 0 aliphatic rings. The van der Waals surface area contributed by atoms with E-state index in [2.05, 4.69) is 4.72 Å². The number of carbonyl (C=O) groups is 2. The number of carbonyl (C=O) groups excluding carboxylic acids is 2. The van der Waals surface area contributed by atoms with Gasteiger partial charge in [0.2, 0.25) is 15.9 Å². The number of rotatable bonds is 7. The molecular weight excluding hydrogens is 407 g/mol. The highest BCUT2D eigenvalue weighted by Crippen LogP contribution is 2.25. The van der Waals surface area contributed by atoms with Gasteiger partial charge in [-0.3, -0.25) is 9.59 Å². The lowest BCUT2D eigenvalue weighted by Crippen LogP contribution is -2.30. The first-order chi connectivity index (χ1) is 14.2. The van der Waals surface area contributed by atoms with Crippen molar-refractivity contribution in [3.8, 4) is 11.1 Å². The first-order valence-electron chi connectivity index (χ1n) is 8.97. The van der Waals surface area contributed by atoms with Crippen molar-refractivity contribution in [1.29, 1.82) is 0 Å². The molecule has 0 aliphatic carbocycles. The Morgan fingerprint density at radius 1 is 0.967 bits per heavy atom. The van der Waals surface area contributed by atoms with Crippen LogP contribution in [-0.4, -0.2) is 26.7 Å². The predicted octanol–water partition coefficient (Wildman–Crippen LogP) is 3.06. The molecule has 0 saturated heterocycles. The van der Waals surface area contributed by atoms with Crippen molar-refractivity contribution in [3.05, 3.63) is 89.2 Å². The summed E-state index contributed by atoms with van der Waals surface area (Å²) in [4.78, 5) is 23.6. The van der Waals surface area contributed by atoms with Crippen LogP contribution in [0.3, 0.4) is 0 Å². The lowest BCUT2D eigenvalue weighted by molar-refractivity contribution is 0.0988. The zero-order chi connectivity index (χ0) is 21.9.